The molecule has 2 aromatic carbocycles. The maximum absolute atomic E-state index is 13.3. The number of carbonyl (C=O) groups excluding carboxylic acids is 1. The molecule has 1 amide bonds. The van der Waals surface area contributed by atoms with Crippen molar-refractivity contribution >= 4 is 15.9 Å². The molecule has 2 aliphatic rings. The Balaban J connectivity index is 1.76. The van der Waals surface area contributed by atoms with E-state index in [0.717, 1.165) is 5.56 Å². The van der Waals surface area contributed by atoms with Crippen LogP contribution in [0.15, 0.2) is 70.8 Å². The third-order valence-corrected chi connectivity index (χ3v) is 6.79. The molecule has 6 nitrogen and oxygen atoms in total. The Morgan fingerprint density at radius 1 is 1.07 bits per heavy atom. The number of rotatable bonds is 4. The van der Waals surface area contributed by atoms with E-state index in [2.05, 4.69) is 4.72 Å². The van der Waals surface area contributed by atoms with Crippen LogP contribution in [-0.4, -0.2) is 30.4 Å². The van der Waals surface area contributed by atoms with E-state index < -0.39 is 22.1 Å². The molecule has 28 heavy (non-hydrogen) atoms. The molecule has 0 aromatic heterocycles. The zero-order valence-corrected chi connectivity index (χ0v) is 16.5. The van der Waals surface area contributed by atoms with Crippen LogP contribution in [0, 0.1) is 5.92 Å². The minimum absolute atomic E-state index is 0.0292. The maximum Gasteiger partial charge on any atom is 0.256 e. The van der Waals surface area contributed by atoms with Gasteiger partial charge in [-0.25, -0.2) is 8.42 Å². The van der Waals surface area contributed by atoms with Gasteiger partial charge in [-0.3, -0.25) is 4.79 Å². The molecule has 2 N–H and O–H groups in total. The average molecular weight is 398 g/mol. The molecule has 2 heterocycles. The van der Waals surface area contributed by atoms with Gasteiger partial charge in [0.1, 0.15) is 5.76 Å². The molecule has 2 atom stereocenters. The quantitative estimate of drug-likeness (QED) is 0.829. The second-order valence-electron chi connectivity index (χ2n) is 7.50. The van der Waals surface area contributed by atoms with Crippen molar-refractivity contribution in [2.24, 2.45) is 5.92 Å². The van der Waals surface area contributed by atoms with Gasteiger partial charge in [-0.1, -0.05) is 62.4 Å². The monoisotopic (exact) mass is 398 g/mol. The van der Waals surface area contributed by atoms with Crippen molar-refractivity contribution in [2.45, 2.75) is 37.4 Å². The normalized spacial score (nSPS) is 23.5. The molecule has 0 fully saturated rings. The molecule has 7 heteroatoms. The van der Waals surface area contributed by atoms with E-state index in [1.807, 2.05) is 44.2 Å². The van der Waals surface area contributed by atoms with Crippen molar-refractivity contribution in [3.8, 4) is 0 Å². The molecule has 0 saturated heterocycles. The van der Waals surface area contributed by atoms with Crippen LogP contribution in [0.5, 0.6) is 0 Å². The third kappa shape index (κ3) is 2.91. The lowest BCUT2D eigenvalue weighted by atomic mass is 9.96. The first-order valence-corrected chi connectivity index (χ1v) is 10.7. The van der Waals surface area contributed by atoms with E-state index in [1.165, 1.54) is 6.07 Å². The Morgan fingerprint density at radius 2 is 1.71 bits per heavy atom. The van der Waals surface area contributed by atoms with Crippen molar-refractivity contribution in [1.29, 1.82) is 0 Å². The average Bonchev–Trinajstić information content (AvgIpc) is 3.06. The first-order valence-electron chi connectivity index (χ1n) is 9.20. The van der Waals surface area contributed by atoms with Crippen molar-refractivity contribution in [1.82, 2.24) is 9.62 Å². The summed E-state index contributed by atoms with van der Waals surface area (Å²) in [6.07, 6.45) is 0. The van der Waals surface area contributed by atoms with Crippen LogP contribution in [0.1, 0.15) is 31.0 Å². The lowest BCUT2D eigenvalue weighted by molar-refractivity contribution is -0.128. The fourth-order valence-corrected chi connectivity index (χ4v) is 5.49. The number of aliphatic hydroxyl groups excluding tert-OH is 1. The molecule has 0 saturated carbocycles. The molecule has 2 aliphatic heterocycles. The number of amides is 1. The van der Waals surface area contributed by atoms with Crippen LogP contribution < -0.4 is 4.72 Å². The van der Waals surface area contributed by atoms with Crippen LogP contribution in [0.4, 0.5) is 0 Å². The van der Waals surface area contributed by atoms with Gasteiger partial charge < -0.3 is 10.0 Å². The molecule has 4 rings (SSSR count). The summed E-state index contributed by atoms with van der Waals surface area (Å²) in [4.78, 5) is 15.1. The summed E-state index contributed by atoms with van der Waals surface area (Å²) >= 11 is 0. The van der Waals surface area contributed by atoms with Crippen LogP contribution in [0.25, 0.3) is 0 Å². The highest BCUT2D eigenvalue weighted by molar-refractivity contribution is 7.89. The van der Waals surface area contributed by atoms with Crippen molar-refractivity contribution < 1.29 is 18.3 Å². The Kier molecular flexibility index (Phi) is 4.51. The smallest absolute Gasteiger partial charge is 0.256 e. The minimum Gasteiger partial charge on any atom is -0.510 e. The molecular weight excluding hydrogens is 376 g/mol. The SMILES string of the molecule is CC(C)[C@H]1C(O)=C(C2NS(=O)(=O)c3ccccc32)C(=O)N1Cc1ccccc1. The molecule has 0 radical (unpaired) electrons. The van der Waals surface area contributed by atoms with Gasteiger partial charge >= 0.3 is 0 Å². The lowest BCUT2D eigenvalue weighted by Gasteiger charge is -2.28. The van der Waals surface area contributed by atoms with Crippen LogP contribution >= 0.6 is 0 Å². The Labute approximate surface area is 164 Å². The fraction of sp³-hybridized carbons (Fsp3) is 0.286. The standard InChI is InChI=1S/C21H22N2O4S/c1-13(2)19-20(24)17(21(25)23(19)12-14-8-4-3-5-9-14)18-15-10-6-7-11-16(15)28(26,27)22-18/h3-11,13,18-19,22,24H,12H2,1-2H3/t18?,19-/m0/s1. The molecule has 1 unspecified atom stereocenters. The lowest BCUT2D eigenvalue weighted by Crippen LogP contribution is -2.39. The number of aliphatic hydroxyl groups is 1. The maximum atomic E-state index is 13.3. The Morgan fingerprint density at radius 3 is 2.39 bits per heavy atom. The van der Waals surface area contributed by atoms with E-state index in [-0.39, 0.29) is 28.1 Å². The minimum atomic E-state index is -3.72. The van der Waals surface area contributed by atoms with E-state index in [0.29, 0.717) is 12.1 Å². The number of nitrogens with zero attached hydrogens (tertiary/aromatic N) is 1. The van der Waals surface area contributed by atoms with Gasteiger partial charge in [-0.2, -0.15) is 4.72 Å². The van der Waals surface area contributed by atoms with E-state index in [1.54, 1.807) is 23.1 Å². The van der Waals surface area contributed by atoms with E-state index in [4.69, 9.17) is 0 Å². The molecular formula is C21H22N2O4S. The predicted octanol–water partition coefficient (Wildman–Crippen LogP) is 2.90. The number of nitrogens with one attached hydrogen (secondary N) is 1. The van der Waals surface area contributed by atoms with Gasteiger partial charge in [0, 0.05) is 6.54 Å². The first-order chi connectivity index (χ1) is 13.3. The second-order valence-corrected chi connectivity index (χ2v) is 9.18. The number of benzene rings is 2. The highest BCUT2D eigenvalue weighted by Crippen LogP contribution is 2.42. The molecule has 146 valence electrons. The zero-order chi connectivity index (χ0) is 20.1. The molecule has 0 aliphatic carbocycles. The van der Waals surface area contributed by atoms with E-state index in [9.17, 15) is 18.3 Å². The molecule has 0 bridgehead atoms. The zero-order valence-electron chi connectivity index (χ0n) is 15.7. The molecule has 0 spiro atoms. The number of sulfonamides is 1. The van der Waals surface area contributed by atoms with E-state index >= 15 is 0 Å². The van der Waals surface area contributed by atoms with Crippen molar-refractivity contribution in [3.05, 3.63) is 77.1 Å². The summed E-state index contributed by atoms with van der Waals surface area (Å²) in [6.45, 7) is 4.21. The van der Waals surface area contributed by atoms with Crippen molar-refractivity contribution in [3.63, 3.8) is 0 Å². The third-order valence-electron chi connectivity index (χ3n) is 5.29. The Bertz CT molecular complexity index is 1060. The summed E-state index contributed by atoms with van der Waals surface area (Å²) in [6, 6.07) is 14.7. The Hall–Kier alpha value is -2.64. The highest BCUT2D eigenvalue weighted by atomic mass is 32.2. The van der Waals surface area contributed by atoms with Crippen molar-refractivity contribution in [2.75, 3.05) is 0 Å². The van der Waals surface area contributed by atoms with Gasteiger partial charge in [-0.15, -0.1) is 0 Å². The second kappa shape index (κ2) is 6.76. The summed E-state index contributed by atoms with van der Waals surface area (Å²) < 4.78 is 27.5. The highest BCUT2D eigenvalue weighted by Gasteiger charge is 2.48. The topological polar surface area (TPSA) is 86.7 Å². The van der Waals surface area contributed by atoms with Gasteiger partial charge in [0.25, 0.3) is 5.91 Å². The van der Waals surface area contributed by atoms with Crippen LogP contribution in [0.2, 0.25) is 0 Å². The summed E-state index contributed by atoms with van der Waals surface area (Å²) in [5, 5.41) is 11.0. The number of hydrogen-bond donors (Lipinski definition) is 2. The predicted molar refractivity (Wildman–Crippen MR) is 105 cm³/mol. The number of carbonyl (C=O) groups is 1. The summed E-state index contributed by atoms with van der Waals surface area (Å²) in [5.74, 6) is -0.428. The first kappa shape index (κ1) is 18.7. The van der Waals surface area contributed by atoms with Crippen LogP contribution in [0.3, 0.4) is 0 Å². The summed E-state index contributed by atoms with van der Waals surface area (Å²) in [5.41, 5.74) is 1.55. The van der Waals surface area contributed by atoms with Crippen LogP contribution in [-0.2, 0) is 21.4 Å². The molecule has 2 aromatic rings. The van der Waals surface area contributed by atoms with Gasteiger partial charge in [0.05, 0.1) is 22.6 Å². The largest absolute Gasteiger partial charge is 0.510 e. The number of hydrogen-bond acceptors (Lipinski definition) is 4. The fourth-order valence-electron chi connectivity index (χ4n) is 4.06. The van der Waals surface area contributed by atoms with Gasteiger partial charge in [0.15, 0.2) is 0 Å². The van der Waals surface area contributed by atoms with Gasteiger partial charge in [0.2, 0.25) is 10.0 Å². The summed E-state index contributed by atoms with van der Waals surface area (Å²) in [7, 11) is -3.72. The number of fused-ring (bicyclic) bond motifs is 1. The van der Waals surface area contributed by atoms with Gasteiger partial charge in [-0.05, 0) is 23.1 Å².